The van der Waals surface area contributed by atoms with Crippen molar-refractivity contribution in [3.8, 4) is 0 Å². The van der Waals surface area contributed by atoms with Gasteiger partial charge in [0.1, 0.15) is 12.1 Å². The number of amides is 4. The van der Waals surface area contributed by atoms with Gasteiger partial charge in [0.25, 0.3) is 0 Å². The van der Waals surface area contributed by atoms with Crippen molar-refractivity contribution in [1.29, 1.82) is 0 Å². The first-order valence-corrected chi connectivity index (χ1v) is 11.5. The molecule has 0 aliphatic rings. The van der Waals surface area contributed by atoms with Crippen LogP contribution in [0.25, 0.3) is 0 Å². The Morgan fingerprint density at radius 1 is 0.909 bits per heavy atom. The largest absolute Gasteiger partial charge is 0.368 e. The molecule has 0 radical (unpaired) electrons. The third kappa shape index (κ3) is 11.5. The topological polar surface area (TPSA) is 156 Å². The van der Waals surface area contributed by atoms with E-state index >= 15 is 0 Å². The highest BCUT2D eigenvalue weighted by Crippen LogP contribution is 2.10. The Kier molecular flexibility index (Phi) is 12.8. The second kappa shape index (κ2) is 15.0. The summed E-state index contributed by atoms with van der Waals surface area (Å²) in [5.41, 5.74) is 11.9. The van der Waals surface area contributed by atoms with Crippen LogP contribution in [0, 0.1) is 11.8 Å². The molecule has 0 bridgehead atoms. The summed E-state index contributed by atoms with van der Waals surface area (Å²) < 4.78 is 0. The molecule has 4 amide bonds. The van der Waals surface area contributed by atoms with Gasteiger partial charge >= 0.3 is 0 Å². The number of unbranched alkanes of at least 4 members (excludes halogenated alkanes) is 1. The van der Waals surface area contributed by atoms with Crippen LogP contribution in [0.3, 0.4) is 0 Å². The number of carbonyl (C=O) groups excluding carboxylic acids is 4. The second-order valence-electron chi connectivity index (χ2n) is 8.81. The molecule has 0 saturated heterocycles. The van der Waals surface area contributed by atoms with Gasteiger partial charge < -0.3 is 27.4 Å². The van der Waals surface area contributed by atoms with E-state index in [0.717, 1.165) is 12.0 Å². The van der Waals surface area contributed by atoms with Crippen molar-refractivity contribution in [1.82, 2.24) is 16.0 Å². The highest BCUT2D eigenvalue weighted by atomic mass is 16.2. The van der Waals surface area contributed by atoms with E-state index < -0.39 is 29.8 Å². The van der Waals surface area contributed by atoms with E-state index in [2.05, 4.69) is 16.0 Å². The summed E-state index contributed by atoms with van der Waals surface area (Å²) in [5.74, 6) is -1.99. The summed E-state index contributed by atoms with van der Waals surface area (Å²) in [6, 6.07) is 8.07. The molecule has 0 fully saturated rings. The van der Waals surface area contributed by atoms with Crippen molar-refractivity contribution in [2.24, 2.45) is 23.3 Å². The minimum absolute atomic E-state index is 0.164. The van der Waals surface area contributed by atoms with Crippen LogP contribution in [0.5, 0.6) is 0 Å². The number of benzene rings is 1. The lowest BCUT2D eigenvalue weighted by Gasteiger charge is -2.21. The van der Waals surface area contributed by atoms with E-state index in [0.29, 0.717) is 32.2 Å². The number of nitrogens with one attached hydrogen (secondary N) is 3. The van der Waals surface area contributed by atoms with Crippen molar-refractivity contribution in [2.75, 3.05) is 13.1 Å². The van der Waals surface area contributed by atoms with Crippen molar-refractivity contribution in [3.63, 3.8) is 0 Å². The molecule has 33 heavy (non-hydrogen) atoms. The summed E-state index contributed by atoms with van der Waals surface area (Å²) in [5, 5.41) is 7.91. The van der Waals surface area contributed by atoms with Gasteiger partial charge in [-0.15, -0.1) is 0 Å². The van der Waals surface area contributed by atoms with E-state index in [1.807, 2.05) is 51.1 Å². The third-order valence-corrected chi connectivity index (χ3v) is 5.22. The van der Waals surface area contributed by atoms with Gasteiger partial charge in [0.15, 0.2) is 0 Å². The number of nitrogens with two attached hydrogens (primary N) is 2. The Morgan fingerprint density at radius 2 is 1.58 bits per heavy atom. The predicted octanol–water partition coefficient (Wildman–Crippen LogP) is 0.611. The van der Waals surface area contributed by atoms with Crippen LogP contribution >= 0.6 is 0 Å². The molecular formula is C24H39N5O4. The molecule has 1 aromatic rings. The summed E-state index contributed by atoms with van der Waals surface area (Å²) in [6.45, 7) is 5.81. The maximum Gasteiger partial charge on any atom is 0.243 e. The van der Waals surface area contributed by atoms with E-state index in [4.69, 9.17) is 11.5 Å². The maximum absolute atomic E-state index is 12.7. The van der Waals surface area contributed by atoms with E-state index in [-0.39, 0.29) is 24.3 Å². The van der Waals surface area contributed by atoms with Gasteiger partial charge in [-0.3, -0.25) is 19.2 Å². The molecule has 0 aromatic heterocycles. The van der Waals surface area contributed by atoms with Crippen LogP contribution in [0.2, 0.25) is 0 Å². The van der Waals surface area contributed by atoms with Crippen LogP contribution in [-0.4, -0.2) is 48.8 Å². The Labute approximate surface area is 196 Å². The van der Waals surface area contributed by atoms with E-state index in [1.165, 1.54) is 0 Å². The van der Waals surface area contributed by atoms with Crippen LogP contribution in [0.4, 0.5) is 0 Å². The van der Waals surface area contributed by atoms with Crippen molar-refractivity contribution >= 4 is 23.6 Å². The second-order valence-corrected chi connectivity index (χ2v) is 8.81. The Hall–Kier alpha value is -2.94. The van der Waals surface area contributed by atoms with Crippen molar-refractivity contribution in [2.45, 2.75) is 65.0 Å². The highest BCUT2D eigenvalue weighted by molar-refractivity contribution is 5.92. The Morgan fingerprint density at radius 3 is 2.15 bits per heavy atom. The zero-order valence-corrected chi connectivity index (χ0v) is 19.9. The van der Waals surface area contributed by atoms with Crippen molar-refractivity contribution in [3.05, 3.63) is 35.9 Å². The Bertz CT molecular complexity index is 769. The molecule has 1 unspecified atom stereocenters. The van der Waals surface area contributed by atoms with Gasteiger partial charge in [-0.1, -0.05) is 51.1 Å². The molecule has 0 heterocycles. The molecule has 0 spiro atoms. The van der Waals surface area contributed by atoms with E-state index in [1.54, 1.807) is 0 Å². The Balaban J connectivity index is 2.66. The molecule has 1 rings (SSSR count). The minimum atomic E-state index is -0.798. The van der Waals surface area contributed by atoms with Gasteiger partial charge in [-0.05, 0) is 50.1 Å². The monoisotopic (exact) mass is 461 g/mol. The summed E-state index contributed by atoms with van der Waals surface area (Å²) in [6.07, 6.45) is 2.75. The first-order valence-electron chi connectivity index (χ1n) is 11.5. The van der Waals surface area contributed by atoms with Crippen molar-refractivity contribution < 1.29 is 19.2 Å². The number of hydrogen-bond acceptors (Lipinski definition) is 5. The van der Waals surface area contributed by atoms with Crippen LogP contribution < -0.4 is 27.4 Å². The summed E-state index contributed by atoms with van der Waals surface area (Å²) in [4.78, 5) is 49.2. The van der Waals surface area contributed by atoms with Crippen LogP contribution in [-0.2, 0) is 25.6 Å². The number of primary amides is 1. The molecule has 0 aliphatic heterocycles. The standard InChI is InChI=1S/C24H39N5O4/c1-16(2)13-20(22(26)31)28-21(30)15-27-24(33)19(11-7-8-12-25)29-23(32)17(3)14-18-9-5-4-6-10-18/h4-6,9-10,16-17,19-20H,7-8,11-15,25H2,1-3H3,(H2,26,31)(H,27,33)(H,28,30)(H,29,32)/t17?,19-,20-/m0/s1. The lowest BCUT2D eigenvalue weighted by molar-refractivity contribution is -0.132. The molecule has 3 atom stereocenters. The molecule has 1 aromatic carbocycles. The van der Waals surface area contributed by atoms with Gasteiger partial charge in [0, 0.05) is 5.92 Å². The zero-order chi connectivity index (χ0) is 24.8. The first-order chi connectivity index (χ1) is 15.6. The average Bonchev–Trinajstić information content (AvgIpc) is 2.76. The van der Waals surface area contributed by atoms with Gasteiger partial charge in [-0.25, -0.2) is 0 Å². The number of carbonyl (C=O) groups is 4. The first kappa shape index (κ1) is 28.1. The minimum Gasteiger partial charge on any atom is -0.368 e. The third-order valence-electron chi connectivity index (χ3n) is 5.22. The molecule has 9 heteroatoms. The fourth-order valence-corrected chi connectivity index (χ4v) is 3.39. The fraction of sp³-hybridized carbons (Fsp3) is 0.583. The van der Waals surface area contributed by atoms with Crippen LogP contribution in [0.15, 0.2) is 30.3 Å². The van der Waals surface area contributed by atoms with Crippen LogP contribution in [0.1, 0.15) is 52.0 Å². The molecule has 7 N–H and O–H groups in total. The number of hydrogen-bond donors (Lipinski definition) is 5. The molecular weight excluding hydrogens is 422 g/mol. The molecule has 0 saturated carbocycles. The fourth-order valence-electron chi connectivity index (χ4n) is 3.39. The maximum atomic E-state index is 12.7. The number of rotatable bonds is 15. The molecule has 9 nitrogen and oxygen atoms in total. The lowest BCUT2D eigenvalue weighted by atomic mass is 9.99. The SMILES string of the molecule is CC(C)C[C@H](NC(=O)CNC(=O)[C@H](CCCCN)NC(=O)C(C)Cc1ccccc1)C(N)=O. The highest BCUT2D eigenvalue weighted by Gasteiger charge is 2.25. The van der Waals surface area contributed by atoms with Gasteiger partial charge in [0.2, 0.25) is 23.6 Å². The normalized spacial score (nSPS) is 13.6. The molecule has 0 aliphatic carbocycles. The average molecular weight is 462 g/mol. The smallest absolute Gasteiger partial charge is 0.243 e. The summed E-state index contributed by atoms with van der Waals surface area (Å²) in [7, 11) is 0. The summed E-state index contributed by atoms with van der Waals surface area (Å²) >= 11 is 0. The van der Waals surface area contributed by atoms with E-state index in [9.17, 15) is 19.2 Å². The van der Waals surface area contributed by atoms with Gasteiger partial charge in [0.05, 0.1) is 6.54 Å². The zero-order valence-electron chi connectivity index (χ0n) is 19.9. The molecule has 184 valence electrons. The lowest BCUT2D eigenvalue weighted by Crippen LogP contribution is -2.52. The quantitative estimate of drug-likeness (QED) is 0.242. The predicted molar refractivity (Wildman–Crippen MR) is 128 cm³/mol. The van der Waals surface area contributed by atoms with Gasteiger partial charge in [-0.2, -0.15) is 0 Å².